The van der Waals surface area contributed by atoms with Gasteiger partial charge >= 0.3 is 33.6 Å². The molecule has 642 valence electrons. The van der Waals surface area contributed by atoms with Gasteiger partial charge in [0.15, 0.2) is 6.10 Å². The molecule has 0 radical (unpaired) electrons. The number of allylic oxidation sites excluding steroid dienone is 32. The van der Waals surface area contributed by atoms with Crippen molar-refractivity contribution in [3.63, 3.8) is 0 Å². The van der Waals surface area contributed by atoms with E-state index in [-0.39, 0.29) is 19.3 Å². The molecule has 0 aromatic carbocycles. The van der Waals surface area contributed by atoms with Gasteiger partial charge in [0.1, 0.15) is 25.4 Å². The normalized spacial score (nSPS) is 14.8. The third kappa shape index (κ3) is 87.1. The van der Waals surface area contributed by atoms with Crippen molar-refractivity contribution in [2.75, 3.05) is 39.6 Å². The van der Waals surface area contributed by atoms with Crippen LogP contribution in [0.2, 0.25) is 0 Å². The predicted octanol–water partition coefficient (Wildman–Crippen LogP) is 26.7. The molecule has 0 aliphatic carbocycles. The summed E-state index contributed by atoms with van der Waals surface area (Å²) in [7, 11) is -9.83. The number of esters is 3. The number of rotatable bonds is 81. The molecule has 0 aliphatic heterocycles. The van der Waals surface area contributed by atoms with Crippen LogP contribution in [0.4, 0.5) is 0 Å². The number of aliphatic hydroxyl groups excluding tert-OH is 2. The summed E-state index contributed by atoms with van der Waals surface area (Å²) in [4.78, 5) is 58.9. The molecule has 16 nitrogen and oxygen atoms in total. The number of carbonyl (C=O) groups excluding carboxylic acids is 3. The highest BCUT2D eigenvalue weighted by Crippen LogP contribution is 2.45. The zero-order chi connectivity index (χ0) is 82.2. The van der Waals surface area contributed by atoms with Crippen molar-refractivity contribution in [2.45, 2.75) is 347 Å². The van der Waals surface area contributed by atoms with Gasteiger partial charge < -0.3 is 34.2 Å². The minimum atomic E-state index is -4.95. The fourth-order valence-corrected chi connectivity index (χ4v) is 12.9. The third-order valence-electron chi connectivity index (χ3n) is 17.8. The van der Waals surface area contributed by atoms with E-state index in [0.29, 0.717) is 19.3 Å². The molecule has 4 N–H and O–H groups in total. The Balaban J connectivity index is 4.55. The van der Waals surface area contributed by atoms with E-state index in [4.69, 9.17) is 32.3 Å². The Morgan fingerprint density at radius 3 is 0.699 bits per heavy atom. The van der Waals surface area contributed by atoms with Crippen molar-refractivity contribution in [1.29, 1.82) is 0 Å². The highest BCUT2D eigenvalue weighted by Gasteiger charge is 2.29. The van der Waals surface area contributed by atoms with Crippen molar-refractivity contribution in [3.05, 3.63) is 194 Å². The molecular formula is C95H156O16P2. The van der Waals surface area contributed by atoms with Crippen molar-refractivity contribution >= 4 is 33.6 Å². The summed E-state index contributed by atoms with van der Waals surface area (Å²) in [6.45, 7) is 2.30. The summed E-state index contributed by atoms with van der Waals surface area (Å²) >= 11 is 0. The maximum atomic E-state index is 13.0. The van der Waals surface area contributed by atoms with Gasteiger partial charge in [0.05, 0.1) is 26.4 Å². The van der Waals surface area contributed by atoms with Crippen LogP contribution in [0.15, 0.2) is 194 Å². The molecule has 0 aromatic rings. The second-order valence-corrected chi connectivity index (χ2v) is 31.5. The Bertz CT molecular complexity index is 2830. The van der Waals surface area contributed by atoms with Gasteiger partial charge in [0.25, 0.3) is 0 Å². The van der Waals surface area contributed by atoms with Crippen LogP contribution >= 0.6 is 15.6 Å². The van der Waals surface area contributed by atoms with E-state index in [2.05, 4.69) is 215 Å². The maximum Gasteiger partial charge on any atom is 0.472 e. The second-order valence-electron chi connectivity index (χ2n) is 28.5. The largest absolute Gasteiger partial charge is 0.472 e. The van der Waals surface area contributed by atoms with Gasteiger partial charge in [-0.1, -0.05) is 344 Å². The molecule has 5 unspecified atom stereocenters. The first kappa shape index (κ1) is 107. The van der Waals surface area contributed by atoms with Crippen molar-refractivity contribution < 1.29 is 75.8 Å². The molecule has 0 fully saturated rings. The number of ether oxygens (including phenoxy) is 3. The van der Waals surface area contributed by atoms with Crippen molar-refractivity contribution in [2.24, 2.45) is 0 Å². The van der Waals surface area contributed by atoms with Crippen LogP contribution in [0.1, 0.15) is 329 Å². The van der Waals surface area contributed by atoms with Crippen LogP contribution in [-0.2, 0) is 55.8 Å². The maximum absolute atomic E-state index is 13.0. The molecule has 0 aromatic heterocycles. The lowest BCUT2D eigenvalue weighted by atomic mass is 10.0. The molecule has 0 amide bonds. The van der Waals surface area contributed by atoms with Gasteiger partial charge in [-0.3, -0.25) is 32.5 Å². The first-order valence-corrected chi connectivity index (χ1v) is 46.7. The number of phosphoric acid groups is 2. The second kappa shape index (κ2) is 85.8. The Labute approximate surface area is 687 Å². The molecule has 0 bridgehead atoms. The highest BCUT2D eigenvalue weighted by atomic mass is 31.2. The zero-order valence-electron chi connectivity index (χ0n) is 70.5. The van der Waals surface area contributed by atoms with Gasteiger partial charge in [0, 0.05) is 19.3 Å². The number of aliphatic hydroxyl groups is 2. The van der Waals surface area contributed by atoms with Crippen LogP contribution in [0.5, 0.6) is 0 Å². The smallest absolute Gasteiger partial charge is 0.463 e. The van der Waals surface area contributed by atoms with Gasteiger partial charge in [0.2, 0.25) is 0 Å². The Morgan fingerprint density at radius 1 is 0.248 bits per heavy atom. The monoisotopic (exact) mass is 1620 g/mol. The zero-order valence-corrected chi connectivity index (χ0v) is 72.3. The number of carbonyl (C=O) groups is 3. The van der Waals surface area contributed by atoms with Crippen LogP contribution < -0.4 is 0 Å². The molecule has 113 heavy (non-hydrogen) atoms. The molecule has 0 saturated carbocycles. The average molecular weight is 1620 g/mol. The van der Waals surface area contributed by atoms with Crippen molar-refractivity contribution in [1.82, 2.24) is 0 Å². The fourth-order valence-electron chi connectivity index (χ4n) is 11.3. The molecule has 18 heteroatoms. The lowest BCUT2D eigenvalue weighted by Gasteiger charge is -2.21. The van der Waals surface area contributed by atoms with Crippen molar-refractivity contribution in [3.8, 4) is 0 Å². The lowest BCUT2D eigenvalue weighted by molar-refractivity contribution is -0.161. The Morgan fingerprint density at radius 2 is 0.442 bits per heavy atom. The van der Waals surface area contributed by atoms with Gasteiger partial charge in [-0.05, 0) is 161 Å². The molecule has 0 heterocycles. The van der Waals surface area contributed by atoms with E-state index < -0.39 is 91.5 Å². The van der Waals surface area contributed by atoms with E-state index in [1.807, 2.05) is 0 Å². The number of unbranched alkanes of at least 4 members (excludes halogenated alkanes) is 26. The first-order valence-electron chi connectivity index (χ1n) is 43.7. The third-order valence-corrected chi connectivity index (χ3v) is 19.7. The van der Waals surface area contributed by atoms with Gasteiger partial charge in [-0.15, -0.1) is 0 Å². The quantitative estimate of drug-likeness (QED) is 0.0146. The topological polar surface area (TPSA) is 231 Å². The molecule has 0 rings (SSSR count). The van der Waals surface area contributed by atoms with Crippen LogP contribution in [0.25, 0.3) is 0 Å². The van der Waals surface area contributed by atoms with Gasteiger partial charge in [-0.25, -0.2) is 9.13 Å². The first-order chi connectivity index (χ1) is 55.2. The molecule has 0 saturated heterocycles. The molecule has 0 spiro atoms. The summed E-state index contributed by atoms with van der Waals surface area (Å²) in [5, 5.41) is 20.7. The minimum Gasteiger partial charge on any atom is -0.463 e. The number of phosphoric ester groups is 2. The molecule has 0 aliphatic rings. The lowest BCUT2D eigenvalue weighted by Crippen LogP contribution is -2.30. The summed E-state index contributed by atoms with van der Waals surface area (Å²) in [6.07, 6.45) is 113. The average Bonchev–Trinajstić information content (AvgIpc) is 0.899. The fraction of sp³-hybridized carbons (Fsp3) is 0.632. The van der Waals surface area contributed by atoms with Crippen LogP contribution in [0, 0.1) is 0 Å². The summed E-state index contributed by atoms with van der Waals surface area (Å²) in [6, 6.07) is 0. The highest BCUT2D eigenvalue weighted by molar-refractivity contribution is 7.47. The van der Waals surface area contributed by atoms with E-state index in [1.54, 1.807) is 0 Å². The SMILES string of the molecule is CC/C=C\C/C=C\C/C=C\C/C=C\C/C=C\C/C=C\CCCCCCCCCCCCCCCCCCC(=O)OCC(O)COP(=O)(O)OCC(O)COP(=O)(O)OCC(COC(=O)CCCCCCC/C=C\C/C=C\C/C=C\C/C=C\C/C=C\CC)OC(=O)CCCCCCC/C=C\C/C=C\C/C=C\C/C=C\C/C=C\CC. The van der Waals surface area contributed by atoms with E-state index >= 15 is 0 Å². The van der Waals surface area contributed by atoms with Gasteiger partial charge in [-0.2, -0.15) is 0 Å². The molecule has 5 atom stereocenters. The summed E-state index contributed by atoms with van der Waals surface area (Å²) in [5.41, 5.74) is 0. The standard InChI is InChI=1S/C95H156O16P2/c1-4-7-10-13-16-19-22-25-28-31-34-37-38-39-40-41-42-43-44-45-46-47-48-49-50-53-55-57-60-63-66-69-72-75-78-81-93(98)105-84-90(96)85-107-112(101,102)108-86-91(97)87-109-113(103,104)110-89-92(111-95(100)83-80-77-74-71-68-65-62-59-56-52-36-33-30-27-24-21-18-15-12-9-6-3)88-106-94(99)82-79-76-73-70-67-64-61-58-54-51-35-32-29-26-23-20-17-14-11-8-5-2/h7-12,16-21,25-30,34-37,39-40,42-43,51-52,58-59,61-62,90-92,96-97H,4-6,13-15,22-24,31-33,38,41,44-50,53-57,60,63-89H2,1-3H3,(H,101,102)(H,103,104)/b10-7-,11-8-,12-9-,19-16-,20-17-,21-18-,28-25-,29-26-,30-27-,37-34-,40-39-,43-42-,51-35-,52-36-,61-58-,62-59-. The van der Waals surface area contributed by atoms with Crippen LogP contribution in [-0.4, -0.2) is 95.9 Å². The molecular weight excluding hydrogens is 1460 g/mol. The van der Waals surface area contributed by atoms with E-state index in [0.717, 1.165) is 186 Å². The summed E-state index contributed by atoms with van der Waals surface area (Å²) < 4.78 is 61.3. The number of hydrogen-bond donors (Lipinski definition) is 4. The minimum absolute atomic E-state index is 0.0709. The predicted molar refractivity (Wildman–Crippen MR) is 472 cm³/mol. The van der Waals surface area contributed by atoms with E-state index in [1.165, 1.54) is 83.5 Å². The Kier molecular flexibility index (Phi) is 81.5. The van der Waals surface area contributed by atoms with Crippen LogP contribution in [0.3, 0.4) is 0 Å². The number of hydrogen-bond acceptors (Lipinski definition) is 14. The van der Waals surface area contributed by atoms with E-state index in [9.17, 15) is 43.5 Å². The summed E-state index contributed by atoms with van der Waals surface area (Å²) in [5.74, 6) is -1.62. The Hall–Kier alpha value is -5.61.